The van der Waals surface area contributed by atoms with Gasteiger partial charge in [0.05, 0.1) is 38.8 Å². The fourth-order valence-electron chi connectivity index (χ4n) is 9.31. The first-order valence-corrected chi connectivity index (χ1v) is 24.2. The van der Waals surface area contributed by atoms with E-state index >= 15 is 0 Å². The Balaban J connectivity index is 1.07. The summed E-state index contributed by atoms with van der Waals surface area (Å²) in [5, 5.41) is 89.7. The molecule has 0 spiro atoms. The number of hydrogen-bond donors (Lipinski definition) is 6. The molecular weight excluding hydrogens is 913 g/mol. The highest BCUT2D eigenvalue weighted by Crippen LogP contribution is 2.54. The third kappa shape index (κ3) is 10.9. The third-order valence-electron chi connectivity index (χ3n) is 12.7. The zero-order valence-corrected chi connectivity index (χ0v) is 41.5. The van der Waals surface area contributed by atoms with E-state index in [0.717, 1.165) is 11.1 Å². The number of aliphatic imine (C=N–C) groups is 2. The van der Waals surface area contributed by atoms with Crippen molar-refractivity contribution >= 4 is 34.0 Å². The summed E-state index contributed by atoms with van der Waals surface area (Å²) < 4.78 is 15.0. The highest BCUT2D eigenvalue weighted by atomic mass is 16.5. The summed E-state index contributed by atoms with van der Waals surface area (Å²) in [5.74, 6) is -2.49. The van der Waals surface area contributed by atoms with E-state index in [0.29, 0.717) is 110 Å². The molecule has 16 nitrogen and oxygen atoms in total. The summed E-state index contributed by atoms with van der Waals surface area (Å²) in [4.78, 5) is 9.26. The molecule has 2 aromatic heterocycles. The Morgan fingerprint density at radius 1 is 0.528 bits per heavy atom. The van der Waals surface area contributed by atoms with Crippen molar-refractivity contribution in [2.75, 3.05) is 13.1 Å². The van der Waals surface area contributed by atoms with Crippen LogP contribution in [-0.2, 0) is 49.0 Å². The maximum absolute atomic E-state index is 12.6. The van der Waals surface area contributed by atoms with E-state index in [9.17, 15) is 30.6 Å². The van der Waals surface area contributed by atoms with Crippen molar-refractivity contribution in [2.45, 2.75) is 106 Å². The number of rotatable bonds is 21. The molecule has 0 radical (unpaired) electrons. The maximum atomic E-state index is 12.6. The van der Waals surface area contributed by atoms with Gasteiger partial charge in [0, 0.05) is 82.8 Å². The first kappa shape index (κ1) is 50.6. The summed E-state index contributed by atoms with van der Waals surface area (Å²) in [6.45, 7) is 14.4. The van der Waals surface area contributed by atoms with Crippen molar-refractivity contribution in [2.24, 2.45) is 9.98 Å². The monoisotopic (exact) mass is 974 g/mol. The number of fused-ring (bicyclic) bond motifs is 2. The van der Waals surface area contributed by atoms with Crippen LogP contribution in [0.15, 0.2) is 95.2 Å². The molecular formula is C56H62N8O8. The zero-order valence-electron chi connectivity index (χ0n) is 41.5. The molecule has 0 atom stereocenters. The van der Waals surface area contributed by atoms with Crippen molar-refractivity contribution < 1.29 is 40.1 Å². The number of aromatic hydroxyl groups is 6. The molecule has 0 amide bonds. The van der Waals surface area contributed by atoms with Crippen LogP contribution in [0.5, 0.6) is 34.5 Å². The predicted octanol–water partition coefficient (Wildman–Crippen LogP) is 10.4. The molecule has 0 bridgehead atoms. The summed E-state index contributed by atoms with van der Waals surface area (Å²) in [5.41, 5.74) is 6.35. The quantitative estimate of drug-likeness (QED) is 0.0225. The minimum absolute atomic E-state index is 0.109. The second-order valence-electron chi connectivity index (χ2n) is 18.7. The molecule has 0 saturated carbocycles. The Hall–Kier alpha value is -7.82. The van der Waals surface area contributed by atoms with E-state index in [2.05, 4.69) is 30.6 Å². The second-order valence-corrected chi connectivity index (χ2v) is 18.7. The Labute approximate surface area is 418 Å². The van der Waals surface area contributed by atoms with Gasteiger partial charge >= 0.3 is 0 Å². The Bertz CT molecular complexity index is 3040. The molecule has 8 rings (SSSR count). The summed E-state index contributed by atoms with van der Waals surface area (Å²) in [6, 6.07) is 23.4. The van der Waals surface area contributed by atoms with Crippen molar-refractivity contribution in [3.8, 4) is 45.6 Å². The van der Waals surface area contributed by atoms with Crippen LogP contribution in [0.4, 0.5) is 0 Å². The van der Waals surface area contributed by atoms with Gasteiger partial charge in [0.15, 0.2) is 23.0 Å². The minimum atomic E-state index is -0.437. The molecule has 0 aliphatic carbocycles. The standard InChI is InChI=1S/C56H62N8O8/c1-33(2)45-41-23-35(5)47(53(67)49(41)43(51(65)55(45)69)25-57-19-13-21-63-27-39(59-61-63)31-71-29-37-15-9-7-10-16-37)48-36(6)24-42-46(34(3)4)56(70)52(66)44(50(42)54(48)68)26-58-20-14-22-64-28-40(60-62-64)32-72-30-38-17-11-8-12-18-38/h7-12,15-18,23-28,33-34,65-70H,13-14,19-22,29-32H2,1-6H3. The van der Waals surface area contributed by atoms with E-state index in [1.54, 1.807) is 23.2 Å². The number of phenols is 6. The Kier molecular flexibility index (Phi) is 15.8. The number of hydrogen-bond acceptors (Lipinski definition) is 14. The lowest BCUT2D eigenvalue weighted by Crippen LogP contribution is -2.02. The third-order valence-corrected chi connectivity index (χ3v) is 12.7. The van der Waals surface area contributed by atoms with Crippen LogP contribution in [0.3, 0.4) is 0 Å². The van der Waals surface area contributed by atoms with Gasteiger partial charge in [-0.3, -0.25) is 19.3 Å². The second kappa shape index (κ2) is 22.5. The lowest BCUT2D eigenvalue weighted by Gasteiger charge is -2.23. The van der Waals surface area contributed by atoms with E-state index in [1.807, 2.05) is 113 Å². The highest BCUT2D eigenvalue weighted by molar-refractivity contribution is 6.15. The summed E-state index contributed by atoms with van der Waals surface area (Å²) in [7, 11) is 0. The molecule has 72 heavy (non-hydrogen) atoms. The topological polar surface area (TPSA) is 226 Å². The normalized spacial score (nSPS) is 12.1. The van der Waals surface area contributed by atoms with Gasteiger partial charge in [-0.1, -0.05) is 111 Å². The SMILES string of the molecule is Cc1cc2c(C(C)C)c(O)c(O)c(C=NCCCn3cc(COCc4ccccc4)nn3)c2c(O)c1-c1c(C)cc2c(C(C)C)c(O)c(O)c(C=NCCCn3cc(COCc4ccccc4)nn3)c2c1O. The Morgan fingerprint density at radius 2 is 0.917 bits per heavy atom. The first-order valence-electron chi connectivity index (χ1n) is 24.2. The van der Waals surface area contributed by atoms with Crippen LogP contribution in [0, 0.1) is 13.8 Å². The molecule has 0 aliphatic rings. The molecule has 0 saturated heterocycles. The minimum Gasteiger partial charge on any atom is -0.507 e. The number of phenolic OH excluding ortho intramolecular Hbond substituents is 6. The van der Waals surface area contributed by atoms with E-state index in [4.69, 9.17) is 9.47 Å². The molecule has 0 fully saturated rings. The summed E-state index contributed by atoms with van der Waals surface area (Å²) >= 11 is 0. The van der Waals surface area contributed by atoms with Crippen molar-refractivity contribution in [1.29, 1.82) is 0 Å². The number of aromatic nitrogens is 6. The van der Waals surface area contributed by atoms with Gasteiger partial charge in [0.25, 0.3) is 0 Å². The van der Waals surface area contributed by atoms with Crippen molar-refractivity contribution in [1.82, 2.24) is 30.0 Å². The molecule has 0 unspecified atom stereocenters. The number of nitrogens with zero attached hydrogens (tertiary/aromatic N) is 8. The van der Waals surface area contributed by atoms with Crippen LogP contribution in [0.25, 0.3) is 32.7 Å². The number of aryl methyl sites for hydroxylation is 4. The van der Waals surface area contributed by atoms with Gasteiger partial charge < -0.3 is 40.1 Å². The van der Waals surface area contributed by atoms with Crippen LogP contribution in [-0.4, -0.2) is 86.1 Å². The summed E-state index contributed by atoms with van der Waals surface area (Å²) in [6.07, 6.45) is 7.70. The molecule has 6 aromatic carbocycles. The lowest BCUT2D eigenvalue weighted by molar-refractivity contribution is 0.104. The van der Waals surface area contributed by atoms with Crippen LogP contribution >= 0.6 is 0 Å². The maximum Gasteiger partial charge on any atom is 0.167 e. The van der Waals surface area contributed by atoms with Crippen LogP contribution in [0.2, 0.25) is 0 Å². The highest BCUT2D eigenvalue weighted by Gasteiger charge is 2.29. The lowest BCUT2D eigenvalue weighted by atomic mass is 9.83. The first-order chi connectivity index (χ1) is 34.7. The number of ether oxygens (including phenoxy) is 2. The average Bonchev–Trinajstić information content (AvgIpc) is 4.02. The van der Waals surface area contributed by atoms with Gasteiger partial charge in [-0.2, -0.15) is 0 Å². The molecule has 16 heteroatoms. The molecule has 374 valence electrons. The van der Waals surface area contributed by atoms with Crippen LogP contribution in [0.1, 0.15) is 108 Å². The fourth-order valence-corrected chi connectivity index (χ4v) is 9.31. The Morgan fingerprint density at radius 3 is 1.29 bits per heavy atom. The van der Waals surface area contributed by atoms with E-state index in [1.165, 1.54) is 12.4 Å². The van der Waals surface area contributed by atoms with Crippen molar-refractivity contribution in [3.05, 3.63) is 141 Å². The fraction of sp³-hybridized carbons (Fsp3) is 0.321. The van der Waals surface area contributed by atoms with Gasteiger partial charge in [0.1, 0.15) is 22.9 Å². The van der Waals surface area contributed by atoms with Crippen LogP contribution < -0.4 is 0 Å². The molecule has 0 aliphatic heterocycles. The van der Waals surface area contributed by atoms with Gasteiger partial charge in [-0.15, -0.1) is 10.2 Å². The molecule has 8 aromatic rings. The van der Waals surface area contributed by atoms with E-state index in [-0.39, 0.29) is 67.9 Å². The van der Waals surface area contributed by atoms with Gasteiger partial charge in [-0.05, 0) is 71.6 Å². The van der Waals surface area contributed by atoms with E-state index < -0.39 is 11.5 Å². The van der Waals surface area contributed by atoms with Gasteiger partial charge in [-0.25, -0.2) is 0 Å². The zero-order chi connectivity index (χ0) is 51.1. The van der Waals surface area contributed by atoms with Crippen molar-refractivity contribution in [3.63, 3.8) is 0 Å². The predicted molar refractivity (Wildman–Crippen MR) is 279 cm³/mol. The average molecular weight is 975 g/mol. The van der Waals surface area contributed by atoms with Gasteiger partial charge in [0.2, 0.25) is 0 Å². The smallest absolute Gasteiger partial charge is 0.167 e. The molecule has 6 N–H and O–H groups in total. The number of benzene rings is 6. The molecule has 2 heterocycles. The largest absolute Gasteiger partial charge is 0.507 e.